The Labute approximate surface area is 131 Å². The number of carbonyl (C=O) groups is 1. The van der Waals surface area contributed by atoms with Gasteiger partial charge in [0.1, 0.15) is 0 Å². The fourth-order valence-electron chi connectivity index (χ4n) is 2.23. The normalized spacial score (nSPS) is 15.7. The predicted molar refractivity (Wildman–Crippen MR) is 85.7 cm³/mol. The van der Waals surface area contributed by atoms with Crippen molar-refractivity contribution in [3.05, 3.63) is 23.3 Å². The average molecular weight is 320 g/mol. The van der Waals surface area contributed by atoms with E-state index in [1.54, 1.807) is 6.20 Å². The van der Waals surface area contributed by atoms with Crippen LogP contribution in [-0.4, -0.2) is 47.2 Å². The molecule has 0 saturated carbocycles. The van der Waals surface area contributed by atoms with E-state index in [4.69, 9.17) is 4.74 Å². The van der Waals surface area contributed by atoms with Crippen molar-refractivity contribution in [2.75, 3.05) is 36.5 Å². The molecule has 0 aromatic carbocycles. The van der Waals surface area contributed by atoms with Gasteiger partial charge in [0.15, 0.2) is 5.38 Å². The van der Waals surface area contributed by atoms with E-state index in [0.29, 0.717) is 24.3 Å². The third kappa shape index (κ3) is 3.23. The third-order valence-electron chi connectivity index (χ3n) is 3.19. The third-order valence-corrected chi connectivity index (χ3v) is 5.06. The van der Waals surface area contributed by atoms with Gasteiger partial charge in [0, 0.05) is 32.3 Å². The quantitative estimate of drug-likeness (QED) is 0.867. The van der Waals surface area contributed by atoms with Crippen LogP contribution in [0.25, 0.3) is 5.03 Å². The SMILES string of the molecule is CC(=O)Nc1nc(C)c[s+]1-c1ccnc(N2CCOCC2)n1. The van der Waals surface area contributed by atoms with Crippen LogP contribution >= 0.6 is 10.5 Å². The molecule has 116 valence electrons. The number of thiazole rings is 1. The van der Waals surface area contributed by atoms with Gasteiger partial charge in [0.25, 0.3) is 5.03 Å². The first kappa shape index (κ1) is 14.9. The fourth-order valence-corrected chi connectivity index (χ4v) is 3.93. The highest BCUT2D eigenvalue weighted by atomic mass is 32.2. The van der Waals surface area contributed by atoms with Crippen molar-refractivity contribution in [1.82, 2.24) is 15.0 Å². The molecule has 1 saturated heterocycles. The zero-order valence-electron chi connectivity index (χ0n) is 12.6. The maximum atomic E-state index is 11.3. The number of hydrogen-bond donors (Lipinski definition) is 1. The van der Waals surface area contributed by atoms with Gasteiger partial charge in [-0.05, 0) is 6.92 Å². The molecule has 2 aromatic rings. The lowest BCUT2D eigenvalue weighted by Gasteiger charge is -2.26. The van der Waals surface area contributed by atoms with Crippen LogP contribution in [0.3, 0.4) is 0 Å². The summed E-state index contributed by atoms with van der Waals surface area (Å²) in [5, 5.41) is 6.33. The average Bonchev–Trinajstić information content (AvgIpc) is 2.88. The summed E-state index contributed by atoms with van der Waals surface area (Å²) in [7, 11) is -0.447. The molecule has 1 N–H and O–H groups in total. The molecule has 1 amide bonds. The van der Waals surface area contributed by atoms with E-state index >= 15 is 0 Å². The summed E-state index contributed by atoms with van der Waals surface area (Å²) >= 11 is 0. The summed E-state index contributed by atoms with van der Waals surface area (Å²) in [6, 6.07) is 1.87. The Morgan fingerprint density at radius 1 is 1.36 bits per heavy atom. The number of aryl methyl sites for hydroxylation is 1. The van der Waals surface area contributed by atoms with Gasteiger partial charge >= 0.3 is 5.13 Å². The molecule has 1 aliphatic rings. The summed E-state index contributed by atoms with van der Waals surface area (Å²) in [6.07, 6.45) is 1.76. The lowest BCUT2D eigenvalue weighted by Crippen LogP contribution is -2.37. The zero-order valence-corrected chi connectivity index (χ0v) is 13.4. The number of nitrogens with zero attached hydrogens (tertiary/aromatic N) is 4. The van der Waals surface area contributed by atoms with Crippen LogP contribution in [0.4, 0.5) is 11.1 Å². The van der Waals surface area contributed by atoms with Gasteiger partial charge in [-0.2, -0.15) is 9.97 Å². The Morgan fingerprint density at radius 3 is 2.86 bits per heavy atom. The van der Waals surface area contributed by atoms with Crippen LogP contribution in [0.5, 0.6) is 0 Å². The van der Waals surface area contributed by atoms with E-state index < -0.39 is 10.5 Å². The topological polar surface area (TPSA) is 80.2 Å². The van der Waals surface area contributed by atoms with Gasteiger partial charge in [0.05, 0.1) is 29.4 Å². The van der Waals surface area contributed by atoms with E-state index in [1.165, 1.54) is 6.92 Å². The highest BCUT2D eigenvalue weighted by Crippen LogP contribution is 2.38. The van der Waals surface area contributed by atoms with Gasteiger partial charge in [-0.3, -0.25) is 10.1 Å². The molecule has 2 aromatic heterocycles. The van der Waals surface area contributed by atoms with Crippen molar-refractivity contribution < 1.29 is 9.53 Å². The van der Waals surface area contributed by atoms with E-state index in [-0.39, 0.29) is 5.91 Å². The van der Waals surface area contributed by atoms with Crippen LogP contribution in [0.15, 0.2) is 17.6 Å². The largest absolute Gasteiger partial charge is 0.378 e. The smallest absolute Gasteiger partial charge is 0.353 e. The van der Waals surface area contributed by atoms with E-state index in [9.17, 15) is 4.79 Å². The Kier molecular flexibility index (Phi) is 4.30. The molecule has 0 radical (unpaired) electrons. The summed E-state index contributed by atoms with van der Waals surface area (Å²) < 4.78 is 5.35. The number of morpholine rings is 1. The molecule has 22 heavy (non-hydrogen) atoms. The van der Waals surface area contributed by atoms with Crippen molar-refractivity contribution in [3.8, 4) is 5.03 Å². The predicted octanol–water partition coefficient (Wildman–Crippen LogP) is 1.71. The molecular weight excluding hydrogens is 302 g/mol. The summed E-state index contributed by atoms with van der Waals surface area (Å²) in [4.78, 5) is 26.9. The number of nitrogens with one attached hydrogen (secondary N) is 1. The number of carbonyl (C=O) groups excluding carboxylic acids is 1. The molecule has 7 nitrogen and oxygen atoms in total. The minimum absolute atomic E-state index is 0.123. The summed E-state index contributed by atoms with van der Waals surface area (Å²) in [5.41, 5.74) is 0.888. The molecule has 1 aliphatic heterocycles. The zero-order chi connectivity index (χ0) is 15.5. The van der Waals surface area contributed by atoms with Crippen molar-refractivity contribution in [2.45, 2.75) is 13.8 Å². The maximum absolute atomic E-state index is 11.3. The molecule has 3 heterocycles. The number of rotatable bonds is 3. The van der Waals surface area contributed by atoms with Crippen LogP contribution < -0.4 is 10.2 Å². The second-order valence-corrected chi connectivity index (χ2v) is 6.71. The lowest BCUT2D eigenvalue weighted by molar-refractivity contribution is -0.114. The van der Waals surface area contributed by atoms with E-state index in [0.717, 1.165) is 23.8 Å². The molecule has 3 rings (SSSR count). The Bertz CT molecular complexity index is 682. The van der Waals surface area contributed by atoms with Crippen molar-refractivity contribution in [1.29, 1.82) is 0 Å². The van der Waals surface area contributed by atoms with Gasteiger partial charge in [-0.25, -0.2) is 4.98 Å². The lowest BCUT2D eigenvalue weighted by atomic mass is 10.4. The summed E-state index contributed by atoms with van der Waals surface area (Å²) in [5.74, 6) is 0.579. The first-order valence-corrected chi connectivity index (χ1v) is 8.36. The first-order valence-electron chi connectivity index (χ1n) is 7.07. The van der Waals surface area contributed by atoms with Gasteiger partial charge < -0.3 is 9.64 Å². The van der Waals surface area contributed by atoms with Crippen LogP contribution in [-0.2, 0) is 9.53 Å². The standard InChI is InChI=1S/C14H17N5O2S/c1-10-9-22(14(16-10)17-11(2)20)12-3-4-15-13(18-12)19-5-7-21-8-6-19/h3-4,9H,5-8H2,1-2H3/p+1. The molecule has 0 bridgehead atoms. The van der Waals surface area contributed by atoms with Gasteiger partial charge in [-0.1, -0.05) is 0 Å². The number of ether oxygens (including phenoxy) is 1. The van der Waals surface area contributed by atoms with Crippen LogP contribution in [0.2, 0.25) is 0 Å². The number of hydrogen-bond acceptors (Lipinski definition) is 6. The van der Waals surface area contributed by atoms with E-state index in [2.05, 4.69) is 25.2 Å². The highest BCUT2D eigenvalue weighted by molar-refractivity contribution is 7.41. The minimum atomic E-state index is -0.447. The van der Waals surface area contributed by atoms with Crippen molar-refractivity contribution >= 4 is 27.5 Å². The van der Waals surface area contributed by atoms with E-state index in [1.807, 2.05) is 18.4 Å². The van der Waals surface area contributed by atoms with Crippen LogP contribution in [0.1, 0.15) is 12.6 Å². The molecule has 0 aliphatic carbocycles. The monoisotopic (exact) mass is 320 g/mol. The molecule has 1 fully saturated rings. The van der Waals surface area contributed by atoms with Crippen molar-refractivity contribution in [3.63, 3.8) is 0 Å². The Morgan fingerprint density at radius 2 is 2.14 bits per heavy atom. The second-order valence-electron chi connectivity index (χ2n) is 4.99. The van der Waals surface area contributed by atoms with Crippen molar-refractivity contribution in [2.24, 2.45) is 0 Å². The molecule has 1 atom stereocenters. The highest BCUT2D eigenvalue weighted by Gasteiger charge is 2.24. The molecule has 8 heteroatoms. The number of amides is 1. The minimum Gasteiger partial charge on any atom is -0.378 e. The second kappa shape index (κ2) is 6.37. The first-order chi connectivity index (χ1) is 10.6. The maximum Gasteiger partial charge on any atom is 0.353 e. The molecule has 1 unspecified atom stereocenters. The fraction of sp³-hybridized carbons (Fsp3) is 0.429. The summed E-state index contributed by atoms with van der Waals surface area (Å²) in [6.45, 7) is 6.36. The van der Waals surface area contributed by atoms with Gasteiger partial charge in [-0.15, -0.1) is 0 Å². The molecule has 0 spiro atoms. The molecular formula is C14H18N5O2S+. The van der Waals surface area contributed by atoms with Crippen LogP contribution in [0, 0.1) is 6.92 Å². The number of aromatic nitrogens is 3. The van der Waals surface area contributed by atoms with Gasteiger partial charge in [0.2, 0.25) is 11.9 Å². The number of anilines is 2. The Hall–Kier alpha value is -2.06. The Balaban J connectivity index is 1.93.